The zero-order chi connectivity index (χ0) is 26.9. The number of benzene rings is 2. The van der Waals surface area contributed by atoms with E-state index in [4.69, 9.17) is 26.8 Å². The Bertz CT molecular complexity index is 1250. The second kappa shape index (κ2) is 13.0. The Kier molecular flexibility index (Phi) is 9.81. The lowest BCUT2D eigenvalue weighted by molar-refractivity contribution is -0.137. The number of thiocarbonyl (C=S) groups is 1. The number of nitrogens with one attached hydrogen (secondary N) is 1. The number of amides is 2. The first-order chi connectivity index (χ1) is 17.7. The minimum absolute atomic E-state index is 0.00395. The molecule has 0 spiro atoms. The molecule has 0 aliphatic carbocycles. The molecule has 1 aliphatic heterocycles. The van der Waals surface area contributed by atoms with Crippen molar-refractivity contribution in [2.45, 2.75) is 19.8 Å². The number of carboxylic acid groups (broad SMARTS) is 1. The van der Waals surface area contributed by atoms with Gasteiger partial charge in [0.25, 0.3) is 11.8 Å². The summed E-state index contributed by atoms with van der Waals surface area (Å²) in [4.78, 5) is 37.7. The molecule has 2 aromatic rings. The number of carbonyl (C=O) groups excluding carboxylic acids is 2. The molecule has 0 bridgehead atoms. The van der Waals surface area contributed by atoms with Gasteiger partial charge in [0.15, 0.2) is 18.1 Å². The first kappa shape index (κ1) is 27.9. The summed E-state index contributed by atoms with van der Waals surface area (Å²) in [7, 11) is 0. The highest BCUT2D eigenvalue weighted by Gasteiger charge is 2.32. The lowest BCUT2D eigenvalue weighted by atomic mass is 10.0. The first-order valence-corrected chi connectivity index (χ1v) is 12.5. The van der Waals surface area contributed by atoms with Gasteiger partial charge >= 0.3 is 5.97 Å². The largest absolute Gasteiger partial charge is 0.490 e. The number of anilines is 1. The molecule has 2 amide bonds. The monoisotopic (exact) mass is 544 g/mol. The van der Waals surface area contributed by atoms with Gasteiger partial charge in [0.2, 0.25) is 0 Å². The Labute approximate surface area is 223 Å². The summed E-state index contributed by atoms with van der Waals surface area (Å²) in [5, 5.41) is 11.6. The maximum atomic E-state index is 13.1. The maximum absolute atomic E-state index is 13.1. The van der Waals surface area contributed by atoms with Gasteiger partial charge in [-0.3, -0.25) is 19.3 Å². The Hall–Kier alpha value is -3.70. The lowest BCUT2D eigenvalue weighted by Gasteiger charge is -2.17. The molecule has 0 saturated carbocycles. The molecule has 1 aliphatic rings. The van der Waals surface area contributed by atoms with E-state index in [1.165, 1.54) is 29.2 Å². The number of aliphatic carboxylic acids is 1. The molecule has 1 fully saturated rings. The number of carboxylic acids is 1. The third-order valence-corrected chi connectivity index (χ3v) is 6.39. The Morgan fingerprint density at radius 3 is 2.62 bits per heavy atom. The summed E-state index contributed by atoms with van der Waals surface area (Å²) in [6, 6.07) is 8.85. The van der Waals surface area contributed by atoms with Crippen LogP contribution in [0, 0.1) is 5.82 Å². The summed E-state index contributed by atoms with van der Waals surface area (Å²) in [5.74, 6) is -1.49. The van der Waals surface area contributed by atoms with Gasteiger partial charge in [0, 0.05) is 17.8 Å². The highest BCUT2D eigenvalue weighted by Crippen LogP contribution is 2.37. The van der Waals surface area contributed by atoms with Crippen molar-refractivity contribution in [3.05, 3.63) is 70.9 Å². The van der Waals surface area contributed by atoms with Gasteiger partial charge in [0.05, 0.1) is 17.9 Å². The number of allylic oxidation sites excluding steroid dienone is 1. The highest BCUT2D eigenvalue weighted by atomic mass is 32.2. The van der Waals surface area contributed by atoms with Crippen LogP contribution in [0.5, 0.6) is 11.5 Å². The van der Waals surface area contributed by atoms with Gasteiger partial charge in [-0.1, -0.05) is 30.1 Å². The Morgan fingerprint density at radius 2 is 1.97 bits per heavy atom. The molecule has 0 atom stereocenters. The molecule has 0 radical (unpaired) electrons. The van der Waals surface area contributed by atoms with Gasteiger partial charge in [-0.2, -0.15) is 0 Å². The predicted octanol–water partition coefficient (Wildman–Crippen LogP) is 4.65. The number of carbonyl (C=O) groups is 3. The normalized spacial score (nSPS) is 14.1. The number of halogens is 1. The molecule has 8 nitrogen and oxygen atoms in total. The molecule has 0 unspecified atom stereocenters. The Morgan fingerprint density at radius 1 is 1.24 bits per heavy atom. The summed E-state index contributed by atoms with van der Waals surface area (Å²) >= 11 is 6.34. The quantitative estimate of drug-likeness (QED) is 0.226. The van der Waals surface area contributed by atoms with E-state index in [9.17, 15) is 18.8 Å². The molecule has 194 valence electrons. The number of hydrogen-bond acceptors (Lipinski definition) is 7. The van der Waals surface area contributed by atoms with Crippen molar-refractivity contribution < 1.29 is 33.4 Å². The second-order valence-corrected chi connectivity index (χ2v) is 9.43. The van der Waals surface area contributed by atoms with Crippen LogP contribution in [0.25, 0.3) is 6.08 Å². The van der Waals surface area contributed by atoms with Gasteiger partial charge in [-0.25, -0.2) is 4.39 Å². The van der Waals surface area contributed by atoms with Crippen molar-refractivity contribution in [1.29, 1.82) is 0 Å². The van der Waals surface area contributed by atoms with E-state index in [2.05, 4.69) is 11.9 Å². The minimum atomic E-state index is -1.02. The third kappa shape index (κ3) is 7.64. The van der Waals surface area contributed by atoms with Gasteiger partial charge in [0.1, 0.15) is 10.1 Å². The van der Waals surface area contributed by atoms with Crippen LogP contribution >= 0.6 is 24.0 Å². The summed E-state index contributed by atoms with van der Waals surface area (Å²) in [6.07, 6.45) is 3.51. The third-order valence-electron chi connectivity index (χ3n) is 5.01. The zero-order valence-corrected chi connectivity index (χ0v) is 21.6. The van der Waals surface area contributed by atoms with Crippen molar-refractivity contribution in [3.63, 3.8) is 0 Å². The lowest BCUT2D eigenvalue weighted by Crippen LogP contribution is -2.30. The van der Waals surface area contributed by atoms with Crippen LogP contribution in [0.15, 0.2) is 54.0 Å². The van der Waals surface area contributed by atoms with Crippen LogP contribution in [0.1, 0.15) is 24.5 Å². The fourth-order valence-electron chi connectivity index (χ4n) is 3.42. The second-order valence-electron chi connectivity index (χ2n) is 7.75. The average Bonchev–Trinajstić information content (AvgIpc) is 3.11. The van der Waals surface area contributed by atoms with Crippen LogP contribution in [-0.4, -0.2) is 51.9 Å². The van der Waals surface area contributed by atoms with Crippen LogP contribution in [-0.2, 0) is 20.8 Å². The molecular weight excluding hydrogens is 519 g/mol. The van der Waals surface area contributed by atoms with E-state index in [1.54, 1.807) is 31.2 Å². The highest BCUT2D eigenvalue weighted by molar-refractivity contribution is 8.26. The van der Waals surface area contributed by atoms with Crippen LogP contribution in [0.2, 0.25) is 0 Å². The molecule has 1 heterocycles. The van der Waals surface area contributed by atoms with Crippen molar-refractivity contribution >= 4 is 57.8 Å². The van der Waals surface area contributed by atoms with Gasteiger partial charge in [-0.05, 0) is 61.4 Å². The maximum Gasteiger partial charge on any atom is 0.305 e. The van der Waals surface area contributed by atoms with Crippen molar-refractivity contribution in [2.24, 2.45) is 0 Å². The van der Waals surface area contributed by atoms with Crippen LogP contribution in [0.3, 0.4) is 0 Å². The molecule has 0 aromatic heterocycles. The molecule has 2 N–H and O–H groups in total. The van der Waals surface area contributed by atoms with E-state index in [1.807, 2.05) is 0 Å². The SMILES string of the molecule is C=CCc1cc(/C=C2/SC(=S)N(CCC(=O)O)C2=O)cc(OCC)c1OCC(=O)Nc1ccc(F)cc1. The van der Waals surface area contributed by atoms with Crippen molar-refractivity contribution in [1.82, 2.24) is 4.90 Å². The number of nitrogens with zero attached hydrogens (tertiary/aromatic N) is 1. The van der Waals surface area contributed by atoms with Crippen LogP contribution < -0.4 is 14.8 Å². The van der Waals surface area contributed by atoms with E-state index in [0.717, 1.165) is 11.8 Å². The topological polar surface area (TPSA) is 105 Å². The minimum Gasteiger partial charge on any atom is -0.490 e. The molecule has 37 heavy (non-hydrogen) atoms. The molecule has 11 heteroatoms. The van der Waals surface area contributed by atoms with Crippen molar-refractivity contribution in [2.75, 3.05) is 25.1 Å². The molecule has 3 rings (SSSR count). The average molecular weight is 545 g/mol. The standard InChI is InChI=1S/C26H25FN2O6S2/c1-3-5-17-12-16(14-21-25(33)29(26(36)37-21)11-10-23(31)32)13-20(34-4-2)24(17)35-15-22(30)28-19-8-6-18(27)7-9-19/h3,6-9,12-14H,1,4-5,10-11,15H2,2H3,(H,28,30)(H,31,32)/b21-14+. The smallest absolute Gasteiger partial charge is 0.305 e. The number of hydrogen-bond donors (Lipinski definition) is 2. The molecular formula is C26H25FN2O6S2. The van der Waals surface area contributed by atoms with Crippen LogP contribution in [0.4, 0.5) is 10.1 Å². The summed E-state index contributed by atoms with van der Waals surface area (Å²) < 4.78 is 25.0. The zero-order valence-electron chi connectivity index (χ0n) is 20.0. The molecule has 2 aromatic carbocycles. The fraction of sp³-hybridized carbons (Fsp3) is 0.231. The van der Waals surface area contributed by atoms with Gasteiger partial charge in [-0.15, -0.1) is 6.58 Å². The number of rotatable bonds is 12. The van der Waals surface area contributed by atoms with Gasteiger partial charge < -0.3 is 19.9 Å². The first-order valence-electron chi connectivity index (χ1n) is 11.3. The van der Waals surface area contributed by atoms with Crippen molar-refractivity contribution in [3.8, 4) is 11.5 Å². The van der Waals surface area contributed by atoms with E-state index in [-0.39, 0.29) is 25.5 Å². The number of thioether (sulfide) groups is 1. The Balaban J connectivity index is 1.83. The predicted molar refractivity (Wildman–Crippen MR) is 144 cm³/mol. The van der Waals surface area contributed by atoms with E-state index >= 15 is 0 Å². The summed E-state index contributed by atoms with van der Waals surface area (Å²) in [6.45, 7) is 5.59. The molecule has 1 saturated heterocycles. The summed E-state index contributed by atoms with van der Waals surface area (Å²) in [5.41, 5.74) is 1.76. The number of ether oxygens (including phenoxy) is 2. The van der Waals surface area contributed by atoms with E-state index in [0.29, 0.717) is 50.6 Å². The van der Waals surface area contributed by atoms with E-state index < -0.39 is 17.7 Å². The fourth-order valence-corrected chi connectivity index (χ4v) is 4.73.